The van der Waals surface area contributed by atoms with Gasteiger partial charge in [0.15, 0.2) is 0 Å². The lowest BCUT2D eigenvalue weighted by molar-refractivity contribution is 0.414. The summed E-state index contributed by atoms with van der Waals surface area (Å²) in [6, 6.07) is 8.18. The van der Waals surface area contributed by atoms with Crippen molar-refractivity contribution in [1.82, 2.24) is 5.32 Å². The summed E-state index contributed by atoms with van der Waals surface area (Å²) in [5.74, 6) is 0.914. The van der Waals surface area contributed by atoms with Crippen molar-refractivity contribution in [2.75, 3.05) is 25.6 Å². The number of hydrogen-bond acceptors (Lipinski definition) is 3. The van der Waals surface area contributed by atoms with Crippen molar-refractivity contribution in [3.63, 3.8) is 0 Å². The van der Waals surface area contributed by atoms with E-state index in [-0.39, 0.29) is 0 Å². The topological polar surface area (TPSA) is 24.5 Å². The van der Waals surface area contributed by atoms with Crippen LogP contribution in [0.3, 0.4) is 0 Å². The molecule has 0 bridgehead atoms. The average molecular weight is 206 g/mol. The van der Waals surface area contributed by atoms with Crippen molar-refractivity contribution in [3.05, 3.63) is 24.3 Å². The van der Waals surface area contributed by atoms with Crippen LogP contribution in [0.1, 0.15) is 12.8 Å². The Balaban J connectivity index is 2.13. The maximum atomic E-state index is 5.22. The van der Waals surface area contributed by atoms with Gasteiger partial charge in [0.2, 0.25) is 0 Å². The summed E-state index contributed by atoms with van der Waals surface area (Å²) in [5.41, 5.74) is 1.20. The van der Waals surface area contributed by atoms with E-state index in [2.05, 4.69) is 29.4 Å². The lowest BCUT2D eigenvalue weighted by Gasteiger charge is -2.26. The largest absolute Gasteiger partial charge is 0.497 e. The van der Waals surface area contributed by atoms with Gasteiger partial charge < -0.3 is 9.64 Å². The van der Waals surface area contributed by atoms with Crippen molar-refractivity contribution in [2.24, 2.45) is 0 Å². The molecule has 0 radical (unpaired) electrons. The number of hydrogen-bond donors (Lipinski definition) is 1. The van der Waals surface area contributed by atoms with E-state index in [9.17, 15) is 0 Å². The molecule has 0 spiro atoms. The molecule has 15 heavy (non-hydrogen) atoms. The molecule has 1 aliphatic rings. The molecule has 0 aliphatic carbocycles. The van der Waals surface area contributed by atoms with Crippen molar-refractivity contribution < 1.29 is 4.74 Å². The molecule has 2 rings (SSSR count). The number of nitrogens with zero attached hydrogens (tertiary/aromatic N) is 1. The van der Waals surface area contributed by atoms with Crippen LogP contribution in [0.2, 0.25) is 0 Å². The second-order valence-corrected chi connectivity index (χ2v) is 3.92. The number of ether oxygens (including phenoxy) is 1. The second kappa shape index (κ2) is 4.53. The van der Waals surface area contributed by atoms with Gasteiger partial charge in [-0.05, 0) is 31.5 Å². The van der Waals surface area contributed by atoms with Crippen LogP contribution >= 0.6 is 0 Å². The molecule has 1 aliphatic heterocycles. The van der Waals surface area contributed by atoms with Crippen LogP contribution in [0, 0.1) is 0 Å². The molecular formula is C12H18N2O. The molecule has 1 aromatic rings. The van der Waals surface area contributed by atoms with Gasteiger partial charge in [-0.2, -0.15) is 0 Å². The van der Waals surface area contributed by atoms with Gasteiger partial charge in [-0.15, -0.1) is 0 Å². The van der Waals surface area contributed by atoms with Gasteiger partial charge in [0.05, 0.1) is 13.3 Å². The number of methoxy groups -OCH3 is 1. The lowest BCUT2D eigenvalue weighted by atomic mass is 10.2. The highest BCUT2D eigenvalue weighted by atomic mass is 16.5. The highest BCUT2D eigenvalue weighted by molar-refractivity contribution is 5.50. The molecule has 3 heteroatoms. The Morgan fingerprint density at radius 1 is 1.47 bits per heavy atom. The van der Waals surface area contributed by atoms with E-state index in [0.717, 1.165) is 12.3 Å². The molecule has 1 fully saturated rings. The van der Waals surface area contributed by atoms with E-state index in [1.165, 1.54) is 18.5 Å². The fourth-order valence-electron chi connectivity index (χ4n) is 2.01. The first-order chi connectivity index (χ1) is 7.31. The van der Waals surface area contributed by atoms with E-state index in [4.69, 9.17) is 4.74 Å². The standard InChI is InChI=1S/C12H18N2O/c1-14(12-7-4-8-13-12)10-5-3-6-11(9-10)15-2/h3,5-6,9,12-13H,4,7-8H2,1-2H3. The summed E-state index contributed by atoms with van der Waals surface area (Å²) in [7, 11) is 3.82. The summed E-state index contributed by atoms with van der Waals surface area (Å²) in [6.45, 7) is 1.12. The van der Waals surface area contributed by atoms with Crippen molar-refractivity contribution in [3.8, 4) is 5.75 Å². The van der Waals surface area contributed by atoms with Gasteiger partial charge in [-0.25, -0.2) is 0 Å². The van der Waals surface area contributed by atoms with E-state index in [1.807, 2.05) is 12.1 Å². The third-order valence-electron chi connectivity index (χ3n) is 2.96. The van der Waals surface area contributed by atoms with Crippen molar-refractivity contribution >= 4 is 5.69 Å². The van der Waals surface area contributed by atoms with Gasteiger partial charge in [0.1, 0.15) is 5.75 Å². The molecular weight excluding hydrogens is 188 g/mol. The van der Waals surface area contributed by atoms with E-state index >= 15 is 0 Å². The quantitative estimate of drug-likeness (QED) is 0.816. The lowest BCUT2D eigenvalue weighted by Crippen LogP contribution is -2.39. The van der Waals surface area contributed by atoms with Crippen LogP contribution in [-0.4, -0.2) is 26.9 Å². The Hall–Kier alpha value is -1.22. The zero-order chi connectivity index (χ0) is 10.7. The Kier molecular flexibility index (Phi) is 3.11. The monoisotopic (exact) mass is 206 g/mol. The normalized spacial score (nSPS) is 20.3. The summed E-state index contributed by atoms with van der Waals surface area (Å²) in [6.07, 6.45) is 2.95. The maximum absolute atomic E-state index is 5.22. The Bertz CT molecular complexity index is 321. The molecule has 1 atom stereocenters. The summed E-state index contributed by atoms with van der Waals surface area (Å²) >= 11 is 0. The first-order valence-electron chi connectivity index (χ1n) is 5.41. The molecule has 0 aromatic heterocycles. The van der Waals surface area contributed by atoms with Crippen LogP contribution in [0.25, 0.3) is 0 Å². The average Bonchev–Trinajstić information content (AvgIpc) is 2.81. The minimum atomic E-state index is 0.470. The Morgan fingerprint density at radius 3 is 3.00 bits per heavy atom. The third kappa shape index (κ3) is 2.23. The number of nitrogens with one attached hydrogen (secondary N) is 1. The van der Waals surface area contributed by atoms with Crippen molar-refractivity contribution in [1.29, 1.82) is 0 Å². The van der Waals surface area contributed by atoms with Gasteiger partial charge >= 0.3 is 0 Å². The van der Waals surface area contributed by atoms with Crippen LogP contribution in [0.15, 0.2) is 24.3 Å². The Morgan fingerprint density at radius 2 is 2.33 bits per heavy atom. The number of rotatable bonds is 3. The SMILES string of the molecule is COc1cccc(N(C)C2CCCN2)c1. The van der Waals surface area contributed by atoms with E-state index in [0.29, 0.717) is 6.17 Å². The zero-order valence-corrected chi connectivity index (χ0v) is 9.36. The molecule has 1 heterocycles. The van der Waals surface area contributed by atoms with E-state index < -0.39 is 0 Å². The highest BCUT2D eigenvalue weighted by Gasteiger charge is 2.18. The molecule has 1 saturated heterocycles. The first kappa shape index (κ1) is 10.3. The number of anilines is 1. The Labute approximate surface area is 91.0 Å². The fourth-order valence-corrected chi connectivity index (χ4v) is 2.01. The van der Waals surface area contributed by atoms with Crippen LogP contribution in [0.5, 0.6) is 5.75 Å². The van der Waals surface area contributed by atoms with Crippen LogP contribution in [0.4, 0.5) is 5.69 Å². The predicted molar refractivity (Wildman–Crippen MR) is 62.4 cm³/mol. The van der Waals surface area contributed by atoms with E-state index in [1.54, 1.807) is 7.11 Å². The summed E-state index contributed by atoms with van der Waals surface area (Å²) in [5, 5.41) is 3.48. The first-order valence-corrected chi connectivity index (χ1v) is 5.41. The minimum absolute atomic E-state index is 0.470. The van der Waals surface area contributed by atoms with Gasteiger partial charge in [-0.3, -0.25) is 5.32 Å². The zero-order valence-electron chi connectivity index (χ0n) is 9.36. The molecule has 3 nitrogen and oxygen atoms in total. The third-order valence-corrected chi connectivity index (χ3v) is 2.96. The molecule has 1 aromatic carbocycles. The molecule has 0 amide bonds. The highest BCUT2D eigenvalue weighted by Crippen LogP contribution is 2.23. The summed E-state index contributed by atoms with van der Waals surface area (Å²) in [4.78, 5) is 2.27. The van der Waals surface area contributed by atoms with Crippen LogP contribution < -0.4 is 15.0 Å². The van der Waals surface area contributed by atoms with Gasteiger partial charge in [-0.1, -0.05) is 6.07 Å². The van der Waals surface area contributed by atoms with Gasteiger partial charge in [0, 0.05) is 18.8 Å². The summed E-state index contributed by atoms with van der Waals surface area (Å²) < 4.78 is 5.22. The molecule has 0 saturated carbocycles. The number of benzene rings is 1. The van der Waals surface area contributed by atoms with Gasteiger partial charge in [0.25, 0.3) is 0 Å². The minimum Gasteiger partial charge on any atom is -0.497 e. The smallest absolute Gasteiger partial charge is 0.120 e. The maximum Gasteiger partial charge on any atom is 0.120 e. The molecule has 82 valence electrons. The molecule has 1 N–H and O–H groups in total. The molecule has 1 unspecified atom stereocenters. The van der Waals surface area contributed by atoms with Crippen molar-refractivity contribution in [2.45, 2.75) is 19.0 Å². The predicted octanol–water partition coefficient (Wildman–Crippen LogP) is 1.84. The second-order valence-electron chi connectivity index (χ2n) is 3.92. The van der Waals surface area contributed by atoms with Crippen LogP contribution in [-0.2, 0) is 0 Å². The fraction of sp³-hybridized carbons (Fsp3) is 0.500.